The molecule has 0 spiro atoms. The molecule has 3 rings (SSSR count). The number of amides is 1. The maximum atomic E-state index is 11.0. The van der Waals surface area contributed by atoms with Gasteiger partial charge in [-0.25, -0.2) is 14.8 Å². The SMILES string of the molecule is CC(C)Oc1ccc(-c2ncc3c(n2)CCN(C(=O)O)C3)cc1. The molecule has 0 saturated heterocycles. The van der Waals surface area contributed by atoms with E-state index in [2.05, 4.69) is 9.97 Å². The molecule has 6 nitrogen and oxygen atoms in total. The van der Waals surface area contributed by atoms with Crippen molar-refractivity contribution in [3.05, 3.63) is 41.7 Å². The van der Waals surface area contributed by atoms with E-state index < -0.39 is 6.09 Å². The van der Waals surface area contributed by atoms with Crippen molar-refractivity contribution in [3.8, 4) is 17.1 Å². The summed E-state index contributed by atoms with van der Waals surface area (Å²) < 4.78 is 5.63. The van der Waals surface area contributed by atoms with Crippen LogP contribution in [0.1, 0.15) is 25.1 Å². The van der Waals surface area contributed by atoms with Crippen LogP contribution < -0.4 is 4.74 Å². The van der Waals surface area contributed by atoms with Gasteiger partial charge in [-0.2, -0.15) is 0 Å². The number of carboxylic acid groups (broad SMARTS) is 1. The summed E-state index contributed by atoms with van der Waals surface area (Å²) in [4.78, 5) is 21.4. The lowest BCUT2D eigenvalue weighted by molar-refractivity contribution is 0.139. The summed E-state index contributed by atoms with van der Waals surface area (Å²) in [6, 6.07) is 7.69. The standard InChI is InChI=1S/C17H19N3O3/c1-11(2)23-14-5-3-12(4-6-14)16-18-9-13-10-20(17(21)22)8-7-15(13)19-16/h3-6,9,11H,7-8,10H2,1-2H3,(H,21,22). The number of hydrogen-bond acceptors (Lipinski definition) is 4. The fourth-order valence-corrected chi connectivity index (χ4v) is 2.57. The van der Waals surface area contributed by atoms with E-state index in [4.69, 9.17) is 9.84 Å². The molecule has 2 heterocycles. The maximum absolute atomic E-state index is 11.0. The number of ether oxygens (including phenoxy) is 1. The first kappa shape index (κ1) is 15.3. The predicted octanol–water partition coefficient (Wildman–Crippen LogP) is 2.97. The number of rotatable bonds is 3. The van der Waals surface area contributed by atoms with Crippen LogP contribution in [0.4, 0.5) is 4.79 Å². The van der Waals surface area contributed by atoms with Gasteiger partial charge in [0.25, 0.3) is 0 Å². The molecule has 0 aliphatic carbocycles. The Labute approximate surface area is 134 Å². The van der Waals surface area contributed by atoms with Gasteiger partial charge < -0.3 is 14.7 Å². The Morgan fingerprint density at radius 1 is 1.30 bits per heavy atom. The van der Waals surface area contributed by atoms with Gasteiger partial charge in [-0.3, -0.25) is 0 Å². The van der Waals surface area contributed by atoms with E-state index in [0.717, 1.165) is 22.6 Å². The Kier molecular flexibility index (Phi) is 4.14. The topological polar surface area (TPSA) is 75.6 Å². The van der Waals surface area contributed by atoms with Crippen molar-refractivity contribution in [2.75, 3.05) is 6.54 Å². The Bertz CT molecular complexity index is 714. The number of hydrogen-bond donors (Lipinski definition) is 1. The molecule has 0 radical (unpaired) electrons. The smallest absolute Gasteiger partial charge is 0.407 e. The first-order valence-electron chi connectivity index (χ1n) is 7.62. The van der Waals surface area contributed by atoms with Gasteiger partial charge in [0.05, 0.1) is 18.3 Å². The van der Waals surface area contributed by atoms with Crippen LogP contribution in [0.25, 0.3) is 11.4 Å². The van der Waals surface area contributed by atoms with E-state index in [1.165, 1.54) is 4.90 Å². The predicted molar refractivity (Wildman–Crippen MR) is 85.4 cm³/mol. The molecular weight excluding hydrogens is 294 g/mol. The minimum absolute atomic E-state index is 0.137. The summed E-state index contributed by atoms with van der Waals surface area (Å²) in [5.41, 5.74) is 2.72. The molecule has 0 bridgehead atoms. The van der Waals surface area contributed by atoms with Crippen molar-refractivity contribution in [1.29, 1.82) is 0 Å². The van der Waals surface area contributed by atoms with Gasteiger partial charge in [0.1, 0.15) is 5.75 Å². The van der Waals surface area contributed by atoms with Gasteiger partial charge >= 0.3 is 6.09 Å². The molecule has 1 amide bonds. The number of nitrogens with zero attached hydrogens (tertiary/aromatic N) is 3. The highest BCUT2D eigenvalue weighted by Gasteiger charge is 2.21. The van der Waals surface area contributed by atoms with Crippen molar-refractivity contribution in [3.63, 3.8) is 0 Å². The molecule has 0 unspecified atom stereocenters. The molecule has 0 saturated carbocycles. The van der Waals surface area contributed by atoms with Crippen LogP contribution in [-0.4, -0.2) is 38.7 Å². The fraction of sp³-hybridized carbons (Fsp3) is 0.353. The molecule has 1 aliphatic rings. The van der Waals surface area contributed by atoms with E-state index in [9.17, 15) is 4.79 Å². The van der Waals surface area contributed by atoms with Crippen molar-refractivity contribution in [2.24, 2.45) is 0 Å². The molecule has 120 valence electrons. The average Bonchev–Trinajstić information content (AvgIpc) is 2.54. The Morgan fingerprint density at radius 3 is 2.70 bits per heavy atom. The second-order valence-corrected chi connectivity index (χ2v) is 5.81. The van der Waals surface area contributed by atoms with Gasteiger partial charge in [0, 0.05) is 30.3 Å². The van der Waals surface area contributed by atoms with Crippen LogP contribution in [-0.2, 0) is 13.0 Å². The first-order valence-corrected chi connectivity index (χ1v) is 7.62. The van der Waals surface area contributed by atoms with E-state index in [0.29, 0.717) is 25.3 Å². The summed E-state index contributed by atoms with van der Waals surface area (Å²) in [5.74, 6) is 1.47. The summed E-state index contributed by atoms with van der Waals surface area (Å²) in [6.45, 7) is 4.80. The van der Waals surface area contributed by atoms with Crippen molar-refractivity contribution in [1.82, 2.24) is 14.9 Å². The zero-order valence-corrected chi connectivity index (χ0v) is 13.2. The Hall–Kier alpha value is -2.63. The molecule has 1 N–H and O–H groups in total. The fourth-order valence-electron chi connectivity index (χ4n) is 2.57. The number of carbonyl (C=O) groups is 1. The highest BCUT2D eigenvalue weighted by Crippen LogP contribution is 2.23. The average molecular weight is 313 g/mol. The van der Waals surface area contributed by atoms with Crippen LogP contribution in [0.2, 0.25) is 0 Å². The third-order valence-electron chi connectivity index (χ3n) is 3.69. The molecule has 1 aromatic carbocycles. The van der Waals surface area contributed by atoms with Gasteiger partial charge in [0.2, 0.25) is 0 Å². The second-order valence-electron chi connectivity index (χ2n) is 5.81. The van der Waals surface area contributed by atoms with Crippen LogP contribution >= 0.6 is 0 Å². The Balaban J connectivity index is 1.81. The van der Waals surface area contributed by atoms with Crippen molar-refractivity contribution < 1.29 is 14.6 Å². The van der Waals surface area contributed by atoms with Crippen LogP contribution in [0, 0.1) is 0 Å². The van der Waals surface area contributed by atoms with Gasteiger partial charge in [-0.1, -0.05) is 0 Å². The zero-order chi connectivity index (χ0) is 16.4. The van der Waals surface area contributed by atoms with Gasteiger partial charge in [-0.15, -0.1) is 0 Å². The minimum Gasteiger partial charge on any atom is -0.491 e. The lowest BCUT2D eigenvalue weighted by Crippen LogP contribution is -2.35. The third kappa shape index (κ3) is 3.41. The molecule has 1 aromatic heterocycles. The molecule has 0 fully saturated rings. The van der Waals surface area contributed by atoms with E-state index in [1.807, 2.05) is 38.1 Å². The number of aromatic nitrogens is 2. The molecule has 23 heavy (non-hydrogen) atoms. The monoisotopic (exact) mass is 313 g/mol. The molecule has 0 atom stereocenters. The first-order chi connectivity index (χ1) is 11.0. The number of fused-ring (bicyclic) bond motifs is 1. The van der Waals surface area contributed by atoms with Gasteiger partial charge in [-0.05, 0) is 38.1 Å². The summed E-state index contributed by atoms with van der Waals surface area (Å²) in [6.07, 6.45) is 1.58. The normalized spacial score (nSPS) is 13.8. The third-order valence-corrected chi connectivity index (χ3v) is 3.69. The lowest BCUT2D eigenvalue weighted by atomic mass is 10.1. The highest BCUT2D eigenvalue weighted by molar-refractivity contribution is 5.65. The zero-order valence-electron chi connectivity index (χ0n) is 13.2. The second kappa shape index (κ2) is 6.24. The van der Waals surface area contributed by atoms with Gasteiger partial charge in [0.15, 0.2) is 5.82 Å². The van der Waals surface area contributed by atoms with E-state index in [-0.39, 0.29) is 6.10 Å². The summed E-state index contributed by atoms with van der Waals surface area (Å²) in [5, 5.41) is 9.06. The van der Waals surface area contributed by atoms with Crippen LogP contribution in [0.5, 0.6) is 5.75 Å². The molecular formula is C17H19N3O3. The molecule has 2 aromatic rings. The van der Waals surface area contributed by atoms with Crippen LogP contribution in [0.3, 0.4) is 0 Å². The van der Waals surface area contributed by atoms with Crippen molar-refractivity contribution in [2.45, 2.75) is 32.9 Å². The van der Waals surface area contributed by atoms with E-state index in [1.54, 1.807) is 6.20 Å². The van der Waals surface area contributed by atoms with Crippen molar-refractivity contribution >= 4 is 6.09 Å². The maximum Gasteiger partial charge on any atom is 0.407 e. The molecule has 1 aliphatic heterocycles. The Morgan fingerprint density at radius 2 is 2.04 bits per heavy atom. The molecule has 6 heteroatoms. The quantitative estimate of drug-likeness (QED) is 0.943. The van der Waals surface area contributed by atoms with E-state index >= 15 is 0 Å². The summed E-state index contributed by atoms with van der Waals surface area (Å²) in [7, 11) is 0. The number of benzene rings is 1. The lowest BCUT2D eigenvalue weighted by Gasteiger charge is -2.25. The largest absolute Gasteiger partial charge is 0.491 e. The summed E-state index contributed by atoms with van der Waals surface area (Å²) >= 11 is 0. The van der Waals surface area contributed by atoms with Crippen LogP contribution in [0.15, 0.2) is 30.5 Å². The highest BCUT2D eigenvalue weighted by atomic mass is 16.5. The minimum atomic E-state index is -0.902.